The minimum Gasteiger partial charge on any atom is -0.379 e. The van der Waals surface area contributed by atoms with Crippen molar-refractivity contribution in [1.82, 2.24) is 9.80 Å². The number of piperidine rings is 1. The van der Waals surface area contributed by atoms with Crippen molar-refractivity contribution in [3.63, 3.8) is 0 Å². The van der Waals surface area contributed by atoms with Crippen LogP contribution in [0.1, 0.15) is 44.2 Å². The molecule has 194 valence electrons. The monoisotopic (exact) mass is 514 g/mol. The molecule has 5 rings (SSSR count). The SMILES string of the molecule is CC1(C)CCN(C(=O)Nc2ccc(F)c(Cl)c2)Cc2cc(N3CCC(N4CCOCC4)CC3)ccc21. The minimum absolute atomic E-state index is 0.00261. The number of nitrogens with one attached hydrogen (secondary N) is 1. The van der Waals surface area contributed by atoms with Crippen molar-refractivity contribution in [2.45, 2.75) is 51.1 Å². The van der Waals surface area contributed by atoms with Gasteiger partial charge in [-0.15, -0.1) is 0 Å². The van der Waals surface area contributed by atoms with Crippen molar-refractivity contribution in [1.29, 1.82) is 0 Å². The van der Waals surface area contributed by atoms with Crippen LogP contribution in [0.3, 0.4) is 0 Å². The van der Waals surface area contributed by atoms with Gasteiger partial charge in [-0.05, 0) is 66.1 Å². The van der Waals surface area contributed by atoms with E-state index in [0.717, 1.165) is 58.7 Å². The average molecular weight is 515 g/mol. The number of ether oxygens (including phenoxy) is 1. The van der Waals surface area contributed by atoms with E-state index in [4.69, 9.17) is 16.3 Å². The Kier molecular flexibility index (Phi) is 7.42. The number of morpholine rings is 1. The fraction of sp³-hybridized carbons (Fsp3) is 0.536. The van der Waals surface area contributed by atoms with Crippen molar-refractivity contribution < 1.29 is 13.9 Å². The fourth-order valence-electron chi connectivity index (χ4n) is 5.78. The van der Waals surface area contributed by atoms with Gasteiger partial charge in [0.1, 0.15) is 5.82 Å². The first-order valence-electron chi connectivity index (χ1n) is 13.0. The molecule has 3 aliphatic rings. The van der Waals surface area contributed by atoms with Gasteiger partial charge in [0.05, 0.1) is 18.2 Å². The van der Waals surface area contributed by atoms with Crippen LogP contribution in [0.25, 0.3) is 0 Å². The Morgan fingerprint density at radius 1 is 1.06 bits per heavy atom. The van der Waals surface area contributed by atoms with E-state index in [1.54, 1.807) is 0 Å². The van der Waals surface area contributed by atoms with Gasteiger partial charge in [0, 0.05) is 56.7 Å². The Balaban J connectivity index is 1.29. The summed E-state index contributed by atoms with van der Waals surface area (Å²) in [6.45, 7) is 11.5. The molecule has 2 aromatic carbocycles. The van der Waals surface area contributed by atoms with Gasteiger partial charge in [-0.3, -0.25) is 4.90 Å². The first-order chi connectivity index (χ1) is 17.3. The normalized spacial score (nSPS) is 21.1. The number of rotatable bonds is 3. The molecule has 1 N–H and O–H groups in total. The molecule has 8 heteroatoms. The van der Waals surface area contributed by atoms with E-state index in [1.807, 2.05) is 4.90 Å². The smallest absolute Gasteiger partial charge is 0.322 e. The molecule has 0 atom stereocenters. The lowest BCUT2D eigenvalue weighted by molar-refractivity contribution is 0.0115. The summed E-state index contributed by atoms with van der Waals surface area (Å²) in [5, 5.41) is 2.89. The van der Waals surface area contributed by atoms with Crippen LogP contribution in [0, 0.1) is 5.82 Å². The number of halogens is 2. The third-order valence-corrected chi connectivity index (χ3v) is 8.33. The summed E-state index contributed by atoms with van der Waals surface area (Å²) in [5.74, 6) is -0.498. The predicted octanol–water partition coefficient (Wildman–Crippen LogP) is 5.50. The van der Waals surface area contributed by atoms with Gasteiger partial charge in [-0.2, -0.15) is 0 Å². The maximum atomic E-state index is 13.5. The molecule has 6 nitrogen and oxygen atoms in total. The van der Waals surface area contributed by atoms with Gasteiger partial charge in [0.2, 0.25) is 0 Å². The van der Waals surface area contributed by atoms with E-state index in [-0.39, 0.29) is 16.5 Å². The molecule has 0 unspecified atom stereocenters. The number of anilines is 2. The second-order valence-electron chi connectivity index (χ2n) is 10.8. The van der Waals surface area contributed by atoms with E-state index in [9.17, 15) is 9.18 Å². The zero-order chi connectivity index (χ0) is 25.3. The second kappa shape index (κ2) is 10.6. The van der Waals surface area contributed by atoms with Gasteiger partial charge in [0.15, 0.2) is 0 Å². The molecular formula is C28H36ClFN4O2. The van der Waals surface area contributed by atoms with Gasteiger partial charge in [0.25, 0.3) is 0 Å². The lowest BCUT2D eigenvalue weighted by Crippen LogP contribution is -2.49. The van der Waals surface area contributed by atoms with Crippen LogP contribution in [-0.4, -0.2) is 67.8 Å². The average Bonchev–Trinajstić information content (AvgIpc) is 3.02. The molecule has 2 amide bonds. The van der Waals surface area contributed by atoms with Gasteiger partial charge in [-0.25, -0.2) is 9.18 Å². The molecule has 36 heavy (non-hydrogen) atoms. The maximum absolute atomic E-state index is 13.5. The highest BCUT2D eigenvalue weighted by molar-refractivity contribution is 6.31. The van der Waals surface area contributed by atoms with Crippen molar-refractivity contribution in [3.8, 4) is 0 Å². The molecule has 0 aliphatic carbocycles. The highest BCUT2D eigenvalue weighted by Crippen LogP contribution is 2.36. The molecule has 3 aliphatic heterocycles. The van der Waals surface area contributed by atoms with E-state index < -0.39 is 5.82 Å². The van der Waals surface area contributed by atoms with Crippen LogP contribution in [-0.2, 0) is 16.7 Å². The first kappa shape index (κ1) is 25.3. The molecule has 2 fully saturated rings. The minimum atomic E-state index is -0.498. The highest BCUT2D eigenvalue weighted by atomic mass is 35.5. The number of carbonyl (C=O) groups is 1. The fourth-order valence-corrected chi connectivity index (χ4v) is 5.96. The summed E-state index contributed by atoms with van der Waals surface area (Å²) < 4.78 is 19.1. The molecule has 0 bridgehead atoms. The molecule has 3 heterocycles. The van der Waals surface area contributed by atoms with Gasteiger partial charge < -0.3 is 19.9 Å². The van der Waals surface area contributed by atoms with Crippen LogP contribution < -0.4 is 10.2 Å². The number of benzene rings is 2. The van der Waals surface area contributed by atoms with Crippen molar-refractivity contribution in [2.75, 3.05) is 56.2 Å². The van der Waals surface area contributed by atoms with Crippen LogP contribution in [0.2, 0.25) is 5.02 Å². The Hall–Kier alpha value is -2.35. The number of fused-ring (bicyclic) bond motifs is 1. The standard InChI is InChI=1S/C28H36ClFN4O2/c1-28(2)9-12-34(27(35)31-21-3-6-26(30)25(29)18-21)19-20-17-23(4-5-24(20)28)32-10-7-22(8-11-32)33-13-15-36-16-14-33/h3-6,17-18,22H,7-16,19H2,1-2H3,(H,31,35). The molecule has 2 aromatic rings. The second-order valence-corrected chi connectivity index (χ2v) is 11.2. The summed E-state index contributed by atoms with van der Waals surface area (Å²) in [7, 11) is 0. The quantitative estimate of drug-likeness (QED) is 0.588. The number of urea groups is 1. The van der Waals surface area contributed by atoms with Crippen molar-refractivity contribution in [2.24, 2.45) is 0 Å². The Bertz CT molecular complexity index is 1100. The Labute approximate surface area is 218 Å². The maximum Gasteiger partial charge on any atom is 0.322 e. The predicted molar refractivity (Wildman–Crippen MR) is 143 cm³/mol. The lowest BCUT2D eigenvalue weighted by atomic mass is 9.80. The first-order valence-corrected chi connectivity index (χ1v) is 13.4. The number of hydrogen-bond acceptors (Lipinski definition) is 4. The molecule has 0 spiro atoms. The summed E-state index contributed by atoms with van der Waals surface area (Å²) in [6, 6.07) is 11.5. The summed E-state index contributed by atoms with van der Waals surface area (Å²) in [6.07, 6.45) is 3.19. The van der Waals surface area contributed by atoms with E-state index in [2.05, 4.69) is 47.2 Å². The highest BCUT2D eigenvalue weighted by Gasteiger charge is 2.32. The Morgan fingerprint density at radius 2 is 1.81 bits per heavy atom. The number of amides is 2. The molecule has 0 saturated carbocycles. The third kappa shape index (κ3) is 5.48. The largest absolute Gasteiger partial charge is 0.379 e. The molecular weight excluding hydrogens is 479 g/mol. The topological polar surface area (TPSA) is 48.1 Å². The van der Waals surface area contributed by atoms with Gasteiger partial charge >= 0.3 is 6.03 Å². The van der Waals surface area contributed by atoms with Crippen LogP contribution >= 0.6 is 11.6 Å². The molecule has 2 saturated heterocycles. The number of hydrogen-bond donors (Lipinski definition) is 1. The van der Waals surface area contributed by atoms with Crippen molar-refractivity contribution in [3.05, 3.63) is 58.4 Å². The summed E-state index contributed by atoms with van der Waals surface area (Å²) in [4.78, 5) is 20.1. The molecule has 0 aromatic heterocycles. The van der Waals surface area contributed by atoms with E-state index in [1.165, 1.54) is 35.0 Å². The van der Waals surface area contributed by atoms with Crippen LogP contribution in [0.5, 0.6) is 0 Å². The van der Waals surface area contributed by atoms with Gasteiger partial charge in [-0.1, -0.05) is 31.5 Å². The lowest BCUT2D eigenvalue weighted by Gasteiger charge is -2.41. The third-order valence-electron chi connectivity index (χ3n) is 8.04. The number of nitrogens with zero attached hydrogens (tertiary/aromatic N) is 3. The van der Waals surface area contributed by atoms with Crippen LogP contribution in [0.4, 0.5) is 20.6 Å². The summed E-state index contributed by atoms with van der Waals surface area (Å²) >= 11 is 5.91. The number of carbonyl (C=O) groups excluding carboxylic acids is 1. The summed E-state index contributed by atoms with van der Waals surface area (Å²) in [5.41, 5.74) is 4.18. The van der Waals surface area contributed by atoms with E-state index >= 15 is 0 Å². The van der Waals surface area contributed by atoms with Crippen molar-refractivity contribution >= 4 is 29.0 Å². The Morgan fingerprint density at radius 3 is 2.53 bits per heavy atom. The zero-order valence-corrected chi connectivity index (χ0v) is 22.0. The molecule has 0 radical (unpaired) electrons. The zero-order valence-electron chi connectivity index (χ0n) is 21.2. The van der Waals surface area contributed by atoms with E-state index in [0.29, 0.717) is 24.8 Å². The van der Waals surface area contributed by atoms with Crippen LogP contribution in [0.15, 0.2) is 36.4 Å².